The molecule has 2 rings (SSSR count). The van der Waals surface area contributed by atoms with Crippen molar-refractivity contribution in [1.82, 2.24) is 10.2 Å². The summed E-state index contributed by atoms with van der Waals surface area (Å²) in [5, 5.41) is 12.0. The van der Waals surface area contributed by atoms with Gasteiger partial charge >= 0.3 is 6.18 Å². The Morgan fingerprint density at radius 3 is 2.41 bits per heavy atom. The number of benzene rings is 1. The van der Waals surface area contributed by atoms with E-state index in [1.165, 1.54) is 0 Å². The van der Waals surface area contributed by atoms with Crippen LogP contribution < -0.4 is 5.32 Å². The number of alkyl halides is 3. The summed E-state index contributed by atoms with van der Waals surface area (Å²) < 4.78 is 38.5. The SMILES string of the molecule is Cl.Cl.N#Cc1cccc([C@@H](CC(F)(F)F)N2CCNCC2)c1. The van der Waals surface area contributed by atoms with Crippen LogP contribution in [-0.2, 0) is 0 Å². The first-order chi connectivity index (χ1) is 9.49. The molecule has 1 fully saturated rings. The number of rotatable bonds is 3. The van der Waals surface area contributed by atoms with Crippen molar-refractivity contribution in [3.63, 3.8) is 0 Å². The lowest BCUT2D eigenvalue weighted by Crippen LogP contribution is -2.46. The second-order valence-electron chi connectivity index (χ2n) is 4.86. The molecule has 0 aromatic heterocycles. The summed E-state index contributed by atoms with van der Waals surface area (Å²) in [6.07, 6.45) is -5.11. The van der Waals surface area contributed by atoms with Gasteiger partial charge < -0.3 is 5.32 Å². The van der Waals surface area contributed by atoms with Crippen LogP contribution >= 0.6 is 24.8 Å². The molecule has 0 radical (unpaired) electrons. The van der Waals surface area contributed by atoms with Crippen molar-refractivity contribution in [3.8, 4) is 6.07 Å². The maximum absolute atomic E-state index is 12.8. The Morgan fingerprint density at radius 2 is 1.86 bits per heavy atom. The third-order valence-corrected chi connectivity index (χ3v) is 3.42. The molecule has 0 saturated carbocycles. The predicted molar refractivity (Wildman–Crippen MR) is 83.5 cm³/mol. The minimum absolute atomic E-state index is 0. The van der Waals surface area contributed by atoms with E-state index in [0.717, 1.165) is 0 Å². The molecule has 22 heavy (non-hydrogen) atoms. The number of nitriles is 1. The van der Waals surface area contributed by atoms with Crippen molar-refractivity contribution in [3.05, 3.63) is 35.4 Å². The Kier molecular flexibility index (Phi) is 8.79. The zero-order valence-electron chi connectivity index (χ0n) is 11.8. The molecule has 0 aliphatic carbocycles. The highest BCUT2D eigenvalue weighted by Crippen LogP contribution is 2.34. The van der Waals surface area contributed by atoms with Crippen molar-refractivity contribution < 1.29 is 13.2 Å². The number of halogens is 5. The fourth-order valence-electron chi connectivity index (χ4n) is 2.49. The summed E-state index contributed by atoms with van der Waals surface area (Å²) in [4.78, 5) is 1.83. The van der Waals surface area contributed by atoms with Gasteiger partial charge in [0.25, 0.3) is 0 Å². The number of hydrogen-bond acceptors (Lipinski definition) is 3. The van der Waals surface area contributed by atoms with Gasteiger partial charge in [0.05, 0.1) is 18.1 Å². The van der Waals surface area contributed by atoms with Crippen molar-refractivity contribution in [1.29, 1.82) is 5.26 Å². The zero-order chi connectivity index (χ0) is 14.6. The lowest BCUT2D eigenvalue weighted by atomic mass is 9.99. The van der Waals surface area contributed by atoms with Gasteiger partial charge in [0.2, 0.25) is 0 Å². The van der Waals surface area contributed by atoms with Crippen molar-refractivity contribution >= 4 is 24.8 Å². The molecule has 3 nitrogen and oxygen atoms in total. The van der Waals surface area contributed by atoms with E-state index in [2.05, 4.69) is 5.32 Å². The van der Waals surface area contributed by atoms with Gasteiger partial charge in [-0.3, -0.25) is 4.90 Å². The average molecular weight is 356 g/mol. The molecular weight excluding hydrogens is 338 g/mol. The molecule has 0 spiro atoms. The molecular formula is C14H18Cl2F3N3. The van der Waals surface area contributed by atoms with Gasteiger partial charge in [0, 0.05) is 32.2 Å². The first kappa shape index (κ1) is 21.0. The number of nitrogens with zero attached hydrogens (tertiary/aromatic N) is 2. The number of nitrogens with one attached hydrogen (secondary N) is 1. The molecule has 1 saturated heterocycles. The van der Waals surface area contributed by atoms with E-state index in [1.807, 2.05) is 11.0 Å². The Labute approximate surface area is 140 Å². The molecule has 124 valence electrons. The summed E-state index contributed by atoms with van der Waals surface area (Å²) in [6, 6.07) is 7.72. The Bertz CT molecular complexity index is 497. The first-order valence-corrected chi connectivity index (χ1v) is 6.51. The number of piperazine rings is 1. The molecule has 0 amide bonds. The topological polar surface area (TPSA) is 39.1 Å². The largest absolute Gasteiger partial charge is 0.390 e. The van der Waals surface area contributed by atoms with Gasteiger partial charge in [0.15, 0.2) is 0 Å². The zero-order valence-corrected chi connectivity index (χ0v) is 13.4. The van der Waals surface area contributed by atoms with E-state index < -0.39 is 18.6 Å². The molecule has 0 unspecified atom stereocenters. The molecule has 1 aliphatic rings. The lowest BCUT2D eigenvalue weighted by Gasteiger charge is -2.35. The second kappa shape index (κ2) is 9.21. The summed E-state index contributed by atoms with van der Waals surface area (Å²) in [5.74, 6) is 0. The van der Waals surface area contributed by atoms with E-state index in [1.54, 1.807) is 24.3 Å². The molecule has 1 N–H and O–H groups in total. The van der Waals surface area contributed by atoms with Crippen LogP contribution in [0.5, 0.6) is 0 Å². The standard InChI is InChI=1S/C14H16F3N3.2ClH/c15-14(16,17)9-13(20-6-4-19-5-7-20)12-3-1-2-11(8-12)10-18;;/h1-3,8,13,19H,4-7,9H2;2*1H/t13-;;/m1../s1. The van der Waals surface area contributed by atoms with Gasteiger partial charge in [-0.05, 0) is 17.7 Å². The Hall–Kier alpha value is -1.00. The van der Waals surface area contributed by atoms with Gasteiger partial charge in [-0.25, -0.2) is 0 Å². The first-order valence-electron chi connectivity index (χ1n) is 6.51. The van der Waals surface area contributed by atoms with Gasteiger partial charge in [-0.2, -0.15) is 18.4 Å². The Balaban J connectivity index is 0.00000220. The average Bonchev–Trinajstić information content (AvgIpc) is 2.45. The van der Waals surface area contributed by atoms with Gasteiger partial charge in [0.1, 0.15) is 0 Å². The molecule has 8 heteroatoms. The van der Waals surface area contributed by atoms with E-state index in [9.17, 15) is 13.2 Å². The van der Waals surface area contributed by atoms with Crippen LogP contribution in [0.3, 0.4) is 0 Å². The number of hydrogen-bond donors (Lipinski definition) is 1. The van der Waals surface area contributed by atoms with Crippen molar-refractivity contribution in [2.45, 2.75) is 18.6 Å². The van der Waals surface area contributed by atoms with Crippen LogP contribution in [0.15, 0.2) is 24.3 Å². The Morgan fingerprint density at radius 1 is 1.23 bits per heavy atom. The van der Waals surface area contributed by atoms with Crippen LogP contribution in [0, 0.1) is 11.3 Å². The normalized spacial score (nSPS) is 16.8. The van der Waals surface area contributed by atoms with E-state index in [0.29, 0.717) is 37.3 Å². The summed E-state index contributed by atoms with van der Waals surface area (Å²) in [6.45, 7) is 2.54. The minimum atomic E-state index is -4.22. The highest BCUT2D eigenvalue weighted by molar-refractivity contribution is 5.85. The van der Waals surface area contributed by atoms with Crippen LogP contribution in [-0.4, -0.2) is 37.3 Å². The van der Waals surface area contributed by atoms with Crippen molar-refractivity contribution in [2.75, 3.05) is 26.2 Å². The van der Waals surface area contributed by atoms with Crippen LogP contribution in [0.4, 0.5) is 13.2 Å². The molecule has 1 aliphatic heterocycles. The molecule has 1 atom stereocenters. The third kappa shape index (κ3) is 6.01. The quantitative estimate of drug-likeness (QED) is 0.903. The van der Waals surface area contributed by atoms with E-state index in [4.69, 9.17) is 5.26 Å². The van der Waals surface area contributed by atoms with Gasteiger partial charge in [-0.15, -0.1) is 24.8 Å². The van der Waals surface area contributed by atoms with E-state index >= 15 is 0 Å². The van der Waals surface area contributed by atoms with E-state index in [-0.39, 0.29) is 24.8 Å². The predicted octanol–water partition coefficient (Wildman–Crippen LogP) is 3.30. The highest BCUT2D eigenvalue weighted by Gasteiger charge is 2.35. The fourth-order valence-corrected chi connectivity index (χ4v) is 2.49. The summed E-state index contributed by atoms with van der Waals surface area (Å²) in [7, 11) is 0. The molecule has 1 aromatic carbocycles. The maximum atomic E-state index is 12.8. The summed E-state index contributed by atoms with van der Waals surface area (Å²) >= 11 is 0. The van der Waals surface area contributed by atoms with Gasteiger partial charge in [-0.1, -0.05) is 12.1 Å². The van der Waals surface area contributed by atoms with Crippen molar-refractivity contribution in [2.24, 2.45) is 0 Å². The fraction of sp³-hybridized carbons (Fsp3) is 0.500. The molecule has 0 bridgehead atoms. The lowest BCUT2D eigenvalue weighted by molar-refractivity contribution is -0.148. The molecule has 1 heterocycles. The molecule has 1 aromatic rings. The smallest absolute Gasteiger partial charge is 0.314 e. The van der Waals surface area contributed by atoms with Crippen LogP contribution in [0.2, 0.25) is 0 Å². The monoisotopic (exact) mass is 355 g/mol. The summed E-state index contributed by atoms with van der Waals surface area (Å²) in [5.41, 5.74) is 0.952. The van der Waals surface area contributed by atoms with Crippen LogP contribution in [0.1, 0.15) is 23.6 Å². The second-order valence-corrected chi connectivity index (χ2v) is 4.86. The highest BCUT2D eigenvalue weighted by atomic mass is 35.5. The van der Waals surface area contributed by atoms with Crippen LogP contribution in [0.25, 0.3) is 0 Å². The minimum Gasteiger partial charge on any atom is -0.314 e. The maximum Gasteiger partial charge on any atom is 0.390 e. The third-order valence-electron chi connectivity index (χ3n) is 3.42.